The van der Waals surface area contributed by atoms with Gasteiger partial charge in [-0.15, -0.1) is 0 Å². The zero-order chi connectivity index (χ0) is 21.1. The van der Waals surface area contributed by atoms with Crippen LogP contribution < -0.4 is 10.2 Å². The molecule has 1 saturated heterocycles. The summed E-state index contributed by atoms with van der Waals surface area (Å²) in [7, 11) is 0. The van der Waals surface area contributed by atoms with Crippen molar-refractivity contribution in [1.29, 1.82) is 0 Å². The number of carbonyl (C=O) groups is 1. The first-order valence-electron chi connectivity index (χ1n) is 10.5. The van der Waals surface area contributed by atoms with Crippen LogP contribution in [0.4, 0.5) is 11.5 Å². The normalized spacial score (nSPS) is 16.2. The lowest BCUT2D eigenvalue weighted by Crippen LogP contribution is -2.53. The Morgan fingerprint density at radius 2 is 1.62 bits per heavy atom. The number of hydrogen-bond donors (Lipinski definition) is 1. The molecule has 6 heteroatoms. The highest BCUT2D eigenvalue weighted by Gasteiger charge is 2.27. The number of hydrogen-bond acceptors (Lipinski definition) is 5. The van der Waals surface area contributed by atoms with Crippen LogP contribution in [0, 0.1) is 20.8 Å². The van der Waals surface area contributed by atoms with Crippen molar-refractivity contribution in [3.63, 3.8) is 0 Å². The molecule has 1 aliphatic heterocycles. The maximum Gasteiger partial charge on any atom is 0.241 e. The number of carbonyl (C=O) groups excluding carboxylic acids is 1. The SMILES string of the molecule is Cc1cc(N2CCN([C@@H](C)C(=O)Nc3c(C)cccc3C)CC2)nc(C(C)C)n1. The van der Waals surface area contributed by atoms with E-state index in [-0.39, 0.29) is 11.9 Å². The number of anilines is 2. The highest BCUT2D eigenvalue weighted by Crippen LogP contribution is 2.22. The van der Waals surface area contributed by atoms with Gasteiger partial charge in [-0.3, -0.25) is 9.69 Å². The Bertz CT molecular complexity index is 851. The first kappa shape index (κ1) is 21.2. The number of piperazine rings is 1. The number of nitrogens with zero attached hydrogens (tertiary/aromatic N) is 4. The molecule has 0 saturated carbocycles. The molecule has 1 aromatic carbocycles. The Balaban J connectivity index is 1.62. The summed E-state index contributed by atoms with van der Waals surface area (Å²) in [6, 6.07) is 7.96. The highest BCUT2D eigenvalue weighted by molar-refractivity contribution is 5.95. The zero-order valence-electron chi connectivity index (χ0n) is 18.5. The van der Waals surface area contributed by atoms with Crippen LogP contribution in [0.25, 0.3) is 0 Å². The fourth-order valence-corrected chi connectivity index (χ4v) is 3.74. The summed E-state index contributed by atoms with van der Waals surface area (Å²) in [5.74, 6) is 2.25. The first-order valence-corrected chi connectivity index (χ1v) is 10.5. The molecule has 0 aliphatic carbocycles. The summed E-state index contributed by atoms with van der Waals surface area (Å²) in [4.78, 5) is 26.7. The molecule has 0 bridgehead atoms. The van der Waals surface area contributed by atoms with Crippen LogP contribution in [0.3, 0.4) is 0 Å². The smallest absolute Gasteiger partial charge is 0.241 e. The summed E-state index contributed by atoms with van der Waals surface area (Å²) in [6.45, 7) is 15.7. The van der Waals surface area contributed by atoms with Gasteiger partial charge >= 0.3 is 0 Å². The van der Waals surface area contributed by atoms with E-state index in [0.29, 0.717) is 5.92 Å². The predicted molar refractivity (Wildman–Crippen MR) is 119 cm³/mol. The molecular formula is C23H33N5O. The number of nitrogens with one attached hydrogen (secondary N) is 1. The van der Waals surface area contributed by atoms with Crippen LogP contribution >= 0.6 is 0 Å². The average Bonchev–Trinajstić information content (AvgIpc) is 2.69. The van der Waals surface area contributed by atoms with Crippen LogP contribution in [0.1, 0.15) is 49.3 Å². The Morgan fingerprint density at radius 1 is 1.00 bits per heavy atom. The third-order valence-corrected chi connectivity index (χ3v) is 5.67. The molecule has 2 aromatic rings. The van der Waals surface area contributed by atoms with Crippen molar-refractivity contribution < 1.29 is 4.79 Å². The molecule has 1 aromatic heterocycles. The quantitative estimate of drug-likeness (QED) is 0.837. The Kier molecular flexibility index (Phi) is 6.52. The van der Waals surface area contributed by atoms with Gasteiger partial charge in [0.25, 0.3) is 0 Å². The van der Waals surface area contributed by atoms with Crippen LogP contribution in [0.2, 0.25) is 0 Å². The molecule has 1 N–H and O–H groups in total. The number of rotatable bonds is 5. The first-order chi connectivity index (χ1) is 13.8. The summed E-state index contributed by atoms with van der Waals surface area (Å²) in [5, 5.41) is 3.13. The van der Waals surface area contributed by atoms with E-state index in [9.17, 15) is 4.79 Å². The van der Waals surface area contributed by atoms with E-state index >= 15 is 0 Å². The molecule has 156 valence electrons. The van der Waals surface area contributed by atoms with Crippen molar-refractivity contribution in [2.45, 2.75) is 53.5 Å². The molecule has 1 fully saturated rings. The van der Waals surface area contributed by atoms with Crippen molar-refractivity contribution >= 4 is 17.4 Å². The van der Waals surface area contributed by atoms with Gasteiger partial charge in [0.15, 0.2) is 0 Å². The lowest BCUT2D eigenvalue weighted by molar-refractivity contribution is -0.120. The van der Waals surface area contributed by atoms with E-state index in [1.165, 1.54) is 0 Å². The van der Waals surface area contributed by atoms with Crippen molar-refractivity contribution in [3.05, 3.63) is 46.9 Å². The molecular weight excluding hydrogens is 362 g/mol. The van der Waals surface area contributed by atoms with E-state index in [1.807, 2.05) is 45.9 Å². The molecule has 1 atom stereocenters. The largest absolute Gasteiger partial charge is 0.354 e. The molecule has 0 radical (unpaired) electrons. The van der Waals surface area contributed by atoms with Gasteiger partial charge in [0.1, 0.15) is 11.6 Å². The molecule has 29 heavy (non-hydrogen) atoms. The monoisotopic (exact) mass is 395 g/mol. The van der Waals surface area contributed by atoms with E-state index in [1.54, 1.807) is 0 Å². The number of aryl methyl sites for hydroxylation is 3. The summed E-state index contributed by atoms with van der Waals surface area (Å²) < 4.78 is 0. The van der Waals surface area contributed by atoms with Gasteiger partial charge in [-0.1, -0.05) is 32.0 Å². The van der Waals surface area contributed by atoms with Gasteiger partial charge < -0.3 is 10.2 Å². The second kappa shape index (κ2) is 8.91. The molecule has 2 heterocycles. The maximum absolute atomic E-state index is 12.8. The van der Waals surface area contributed by atoms with Gasteiger partial charge in [-0.25, -0.2) is 9.97 Å². The third-order valence-electron chi connectivity index (χ3n) is 5.67. The maximum atomic E-state index is 12.8. The molecule has 0 spiro atoms. The van der Waals surface area contributed by atoms with Gasteiger partial charge in [0.2, 0.25) is 5.91 Å². The Hall–Kier alpha value is -2.47. The average molecular weight is 396 g/mol. The van der Waals surface area contributed by atoms with Crippen molar-refractivity contribution in [2.24, 2.45) is 0 Å². The number of aromatic nitrogens is 2. The Labute approximate surface area is 174 Å². The number of para-hydroxylation sites is 1. The second-order valence-electron chi connectivity index (χ2n) is 8.34. The fraction of sp³-hybridized carbons (Fsp3) is 0.522. The van der Waals surface area contributed by atoms with Gasteiger partial charge in [0.05, 0.1) is 6.04 Å². The van der Waals surface area contributed by atoms with E-state index < -0.39 is 0 Å². The number of amides is 1. The van der Waals surface area contributed by atoms with Crippen LogP contribution in [0.15, 0.2) is 24.3 Å². The summed E-state index contributed by atoms with van der Waals surface area (Å²) >= 11 is 0. The minimum absolute atomic E-state index is 0.0517. The minimum atomic E-state index is -0.172. The van der Waals surface area contributed by atoms with Crippen molar-refractivity contribution in [1.82, 2.24) is 14.9 Å². The lowest BCUT2D eigenvalue weighted by atomic mass is 10.1. The third kappa shape index (κ3) is 4.93. The van der Waals surface area contributed by atoms with E-state index in [4.69, 9.17) is 4.98 Å². The van der Waals surface area contributed by atoms with Crippen molar-refractivity contribution in [3.8, 4) is 0 Å². The van der Waals surface area contributed by atoms with Gasteiger partial charge in [-0.05, 0) is 38.8 Å². The van der Waals surface area contributed by atoms with Crippen molar-refractivity contribution in [2.75, 3.05) is 36.4 Å². The molecule has 1 amide bonds. The fourth-order valence-electron chi connectivity index (χ4n) is 3.74. The van der Waals surface area contributed by atoms with Gasteiger partial charge in [0, 0.05) is 49.5 Å². The zero-order valence-corrected chi connectivity index (χ0v) is 18.5. The molecule has 0 unspecified atom stereocenters. The topological polar surface area (TPSA) is 61.4 Å². The summed E-state index contributed by atoms with van der Waals surface area (Å²) in [5.41, 5.74) is 4.12. The van der Waals surface area contributed by atoms with Crippen LogP contribution in [-0.2, 0) is 4.79 Å². The van der Waals surface area contributed by atoms with E-state index in [0.717, 1.165) is 60.3 Å². The predicted octanol–water partition coefficient (Wildman–Crippen LogP) is 3.67. The minimum Gasteiger partial charge on any atom is -0.354 e. The molecule has 1 aliphatic rings. The standard InChI is InChI=1S/C23H33N5O/c1-15(2)22-24-18(5)14-20(25-22)28-12-10-27(11-13-28)19(6)23(29)26-21-16(3)8-7-9-17(21)4/h7-9,14-15,19H,10-13H2,1-6H3,(H,26,29)/t19-/m0/s1. The molecule has 6 nitrogen and oxygen atoms in total. The van der Waals surface area contributed by atoms with E-state index in [2.05, 4.69) is 40.0 Å². The lowest BCUT2D eigenvalue weighted by Gasteiger charge is -2.38. The van der Waals surface area contributed by atoms with Crippen LogP contribution in [0.5, 0.6) is 0 Å². The molecule has 3 rings (SSSR count). The van der Waals surface area contributed by atoms with Crippen LogP contribution in [-0.4, -0.2) is 53.0 Å². The second-order valence-corrected chi connectivity index (χ2v) is 8.34. The highest BCUT2D eigenvalue weighted by atomic mass is 16.2. The number of benzene rings is 1. The summed E-state index contributed by atoms with van der Waals surface area (Å²) in [6.07, 6.45) is 0. The Morgan fingerprint density at radius 3 is 2.21 bits per heavy atom. The van der Waals surface area contributed by atoms with Gasteiger partial charge in [-0.2, -0.15) is 0 Å².